The van der Waals surface area contributed by atoms with E-state index >= 15 is 0 Å². The van der Waals surface area contributed by atoms with Crippen LogP contribution in [0, 0.1) is 0 Å². The topological polar surface area (TPSA) is 85.8 Å². The minimum atomic E-state index is -4.43. The van der Waals surface area contributed by atoms with Gasteiger partial charge in [0, 0.05) is 5.70 Å². The number of nitrogens with zero attached hydrogens (tertiary/aromatic N) is 3. The standard InChI is InChI=1S/C14H12F3N5O/c1-7-10(12(18)23)11(22-13(21-7)19-6-20-22)8-2-4-9(5-3-8)14(15,16)17/h2-6,11H,1H3,(H2,18,23)(H,19,20,21). The molecule has 0 radical (unpaired) electrons. The lowest BCUT2D eigenvalue weighted by Crippen LogP contribution is -2.31. The zero-order valence-corrected chi connectivity index (χ0v) is 11.9. The van der Waals surface area contributed by atoms with Crippen LogP contribution in [0.1, 0.15) is 24.1 Å². The van der Waals surface area contributed by atoms with Crippen molar-refractivity contribution < 1.29 is 18.0 Å². The lowest BCUT2D eigenvalue weighted by Gasteiger charge is -2.27. The summed E-state index contributed by atoms with van der Waals surface area (Å²) >= 11 is 0. The molecule has 3 rings (SSSR count). The van der Waals surface area contributed by atoms with Crippen LogP contribution in [0.5, 0.6) is 0 Å². The molecule has 0 bridgehead atoms. The van der Waals surface area contributed by atoms with Gasteiger partial charge in [-0.25, -0.2) is 4.68 Å². The Labute approximate surface area is 128 Å². The molecule has 0 spiro atoms. The van der Waals surface area contributed by atoms with Gasteiger partial charge in [-0.2, -0.15) is 23.3 Å². The van der Waals surface area contributed by atoms with Crippen molar-refractivity contribution >= 4 is 11.9 Å². The molecule has 1 aromatic carbocycles. The number of amides is 1. The van der Waals surface area contributed by atoms with Crippen LogP contribution in [-0.4, -0.2) is 20.7 Å². The molecule has 0 fully saturated rings. The number of anilines is 1. The van der Waals surface area contributed by atoms with Gasteiger partial charge in [0.25, 0.3) is 0 Å². The molecule has 0 aliphatic carbocycles. The van der Waals surface area contributed by atoms with E-state index in [4.69, 9.17) is 5.73 Å². The third kappa shape index (κ3) is 2.54. The van der Waals surface area contributed by atoms with E-state index in [2.05, 4.69) is 15.4 Å². The van der Waals surface area contributed by atoms with Crippen molar-refractivity contribution in [1.29, 1.82) is 0 Å². The van der Waals surface area contributed by atoms with Crippen LogP contribution in [-0.2, 0) is 11.0 Å². The summed E-state index contributed by atoms with van der Waals surface area (Å²) in [6.07, 6.45) is -3.14. The molecule has 6 nitrogen and oxygen atoms in total. The van der Waals surface area contributed by atoms with Crippen molar-refractivity contribution in [3.63, 3.8) is 0 Å². The first-order valence-corrected chi connectivity index (χ1v) is 6.63. The van der Waals surface area contributed by atoms with Crippen LogP contribution in [0.4, 0.5) is 19.1 Å². The predicted octanol–water partition coefficient (Wildman–Crippen LogP) is 2.07. The molecule has 1 unspecified atom stereocenters. The number of hydrogen-bond donors (Lipinski definition) is 2. The molecule has 1 aromatic heterocycles. The van der Waals surface area contributed by atoms with Gasteiger partial charge in [-0.3, -0.25) is 4.79 Å². The number of benzene rings is 1. The van der Waals surface area contributed by atoms with Gasteiger partial charge in [0.15, 0.2) is 0 Å². The van der Waals surface area contributed by atoms with Crippen LogP contribution in [0.2, 0.25) is 0 Å². The second kappa shape index (κ2) is 5.11. The van der Waals surface area contributed by atoms with E-state index in [1.807, 2.05) is 0 Å². The van der Waals surface area contributed by atoms with Crippen molar-refractivity contribution in [2.45, 2.75) is 19.1 Å². The minimum absolute atomic E-state index is 0.225. The summed E-state index contributed by atoms with van der Waals surface area (Å²) in [5, 5.41) is 6.93. The van der Waals surface area contributed by atoms with E-state index in [0.717, 1.165) is 12.1 Å². The minimum Gasteiger partial charge on any atom is -0.366 e. The second-order valence-corrected chi connectivity index (χ2v) is 5.08. The zero-order valence-electron chi connectivity index (χ0n) is 11.9. The second-order valence-electron chi connectivity index (χ2n) is 5.08. The third-order valence-electron chi connectivity index (χ3n) is 3.61. The molecule has 0 saturated carbocycles. The van der Waals surface area contributed by atoms with Crippen LogP contribution < -0.4 is 11.1 Å². The zero-order chi connectivity index (χ0) is 16.8. The van der Waals surface area contributed by atoms with Gasteiger partial charge in [-0.15, -0.1) is 0 Å². The molecule has 1 atom stereocenters. The number of aromatic nitrogens is 3. The number of alkyl halides is 3. The lowest BCUT2D eigenvalue weighted by molar-refractivity contribution is -0.137. The normalized spacial score (nSPS) is 17.7. The fraction of sp³-hybridized carbons (Fsp3) is 0.214. The monoisotopic (exact) mass is 323 g/mol. The smallest absolute Gasteiger partial charge is 0.366 e. The number of fused-ring (bicyclic) bond motifs is 1. The molecule has 2 aromatic rings. The highest BCUT2D eigenvalue weighted by molar-refractivity contribution is 5.95. The third-order valence-corrected chi connectivity index (χ3v) is 3.61. The predicted molar refractivity (Wildman–Crippen MR) is 75.1 cm³/mol. The molecule has 1 amide bonds. The molecule has 1 aliphatic heterocycles. The number of carbonyl (C=O) groups excluding carboxylic acids is 1. The Morgan fingerprint density at radius 2 is 1.96 bits per heavy atom. The van der Waals surface area contributed by atoms with Gasteiger partial charge >= 0.3 is 6.18 Å². The van der Waals surface area contributed by atoms with Crippen molar-refractivity contribution in [1.82, 2.24) is 14.8 Å². The number of rotatable bonds is 2. The van der Waals surface area contributed by atoms with Crippen LogP contribution in [0.3, 0.4) is 0 Å². The van der Waals surface area contributed by atoms with Gasteiger partial charge in [-0.05, 0) is 24.6 Å². The number of halogens is 3. The summed E-state index contributed by atoms with van der Waals surface area (Å²) in [5.74, 6) is -0.293. The average Bonchev–Trinajstić information content (AvgIpc) is 2.92. The summed E-state index contributed by atoms with van der Waals surface area (Å²) in [7, 11) is 0. The quantitative estimate of drug-likeness (QED) is 0.886. The number of nitrogens with one attached hydrogen (secondary N) is 1. The first kappa shape index (κ1) is 15.1. The van der Waals surface area contributed by atoms with Crippen LogP contribution in [0.25, 0.3) is 0 Å². The summed E-state index contributed by atoms with van der Waals surface area (Å²) < 4.78 is 39.5. The highest BCUT2D eigenvalue weighted by Crippen LogP contribution is 2.36. The van der Waals surface area contributed by atoms with Gasteiger partial charge in [0.1, 0.15) is 12.4 Å². The van der Waals surface area contributed by atoms with Crippen LogP contribution >= 0.6 is 0 Å². The Morgan fingerprint density at radius 1 is 1.30 bits per heavy atom. The summed E-state index contributed by atoms with van der Waals surface area (Å²) in [4.78, 5) is 15.8. The number of allylic oxidation sites excluding steroid dienone is 1. The van der Waals surface area contributed by atoms with Crippen molar-refractivity contribution in [2.75, 3.05) is 5.32 Å². The molecular weight excluding hydrogens is 311 g/mol. The van der Waals surface area contributed by atoms with E-state index in [-0.39, 0.29) is 5.57 Å². The van der Waals surface area contributed by atoms with Crippen LogP contribution in [0.15, 0.2) is 41.9 Å². The Bertz CT molecular complexity index is 791. The molecule has 23 heavy (non-hydrogen) atoms. The maximum absolute atomic E-state index is 12.7. The Kier molecular flexibility index (Phi) is 3.35. The largest absolute Gasteiger partial charge is 0.416 e. The van der Waals surface area contributed by atoms with Crippen molar-refractivity contribution in [3.8, 4) is 0 Å². The van der Waals surface area contributed by atoms with Gasteiger partial charge in [-0.1, -0.05) is 12.1 Å². The van der Waals surface area contributed by atoms with E-state index in [1.165, 1.54) is 23.1 Å². The summed E-state index contributed by atoms with van der Waals surface area (Å²) in [5.41, 5.74) is 5.84. The maximum atomic E-state index is 12.7. The van der Waals surface area contributed by atoms with Gasteiger partial charge in [0.05, 0.1) is 11.1 Å². The average molecular weight is 323 g/mol. The van der Waals surface area contributed by atoms with E-state index in [1.54, 1.807) is 6.92 Å². The van der Waals surface area contributed by atoms with Crippen molar-refractivity contribution in [3.05, 3.63) is 53.0 Å². The van der Waals surface area contributed by atoms with Gasteiger partial charge in [0.2, 0.25) is 11.9 Å². The molecular formula is C14H12F3N5O. The van der Waals surface area contributed by atoms with Crippen molar-refractivity contribution in [2.24, 2.45) is 5.73 Å². The maximum Gasteiger partial charge on any atom is 0.416 e. The molecule has 9 heteroatoms. The fourth-order valence-electron chi connectivity index (χ4n) is 2.57. The fourth-order valence-corrected chi connectivity index (χ4v) is 2.57. The van der Waals surface area contributed by atoms with E-state index < -0.39 is 23.7 Å². The Hall–Kier alpha value is -2.84. The summed E-state index contributed by atoms with van der Waals surface area (Å²) in [6, 6.07) is 3.80. The highest BCUT2D eigenvalue weighted by atomic mass is 19.4. The molecule has 120 valence electrons. The highest BCUT2D eigenvalue weighted by Gasteiger charge is 2.34. The Morgan fingerprint density at radius 3 is 2.52 bits per heavy atom. The SMILES string of the molecule is CC1=C(C(N)=O)C(c2ccc(C(F)(F)F)cc2)n2ncnc2N1. The first-order chi connectivity index (χ1) is 10.8. The molecule has 0 saturated heterocycles. The summed E-state index contributed by atoms with van der Waals surface area (Å²) in [6.45, 7) is 1.65. The van der Waals surface area contributed by atoms with E-state index in [0.29, 0.717) is 17.2 Å². The lowest BCUT2D eigenvalue weighted by atomic mass is 9.94. The first-order valence-electron chi connectivity index (χ1n) is 6.63. The van der Waals surface area contributed by atoms with Gasteiger partial charge < -0.3 is 11.1 Å². The molecule has 1 aliphatic rings. The number of primary amides is 1. The molecule has 2 heterocycles. The Balaban J connectivity index is 2.11. The number of hydrogen-bond acceptors (Lipinski definition) is 4. The number of carbonyl (C=O) groups is 1. The molecule has 3 N–H and O–H groups in total. The van der Waals surface area contributed by atoms with E-state index in [9.17, 15) is 18.0 Å². The number of nitrogens with two attached hydrogens (primary N) is 1.